The van der Waals surface area contributed by atoms with Gasteiger partial charge in [0, 0.05) is 5.69 Å². The molecule has 0 aliphatic carbocycles. The Morgan fingerprint density at radius 3 is 2.50 bits per heavy atom. The molecule has 116 valence electrons. The predicted molar refractivity (Wildman–Crippen MR) is 95.1 cm³/mol. The molecule has 0 fully saturated rings. The lowest BCUT2D eigenvalue weighted by molar-refractivity contribution is 0.628. The molecule has 2 nitrogen and oxygen atoms in total. The maximum atomic E-state index is 13.1. The molecule has 2 rings (SSSR count). The zero-order chi connectivity index (χ0) is 16.3. The second-order valence-corrected chi connectivity index (χ2v) is 6.11. The zero-order valence-corrected chi connectivity index (χ0v) is 14.3. The van der Waals surface area contributed by atoms with Gasteiger partial charge in [-0.1, -0.05) is 29.8 Å². The summed E-state index contributed by atoms with van der Waals surface area (Å²) in [7, 11) is 0. The number of aryl methyl sites for hydroxylation is 2. The summed E-state index contributed by atoms with van der Waals surface area (Å²) in [6.45, 7) is 6.21. The Hall–Kier alpha value is -1.65. The van der Waals surface area contributed by atoms with E-state index in [0.29, 0.717) is 10.8 Å². The second-order valence-electron chi connectivity index (χ2n) is 5.29. The predicted octanol–water partition coefficient (Wildman–Crippen LogP) is 5.14. The lowest BCUT2D eigenvalue weighted by atomic mass is 10.0. The van der Waals surface area contributed by atoms with Crippen molar-refractivity contribution in [1.29, 1.82) is 0 Å². The van der Waals surface area contributed by atoms with Crippen LogP contribution in [0.15, 0.2) is 36.4 Å². The highest BCUT2D eigenvalue weighted by molar-refractivity contribution is 7.80. The van der Waals surface area contributed by atoms with E-state index < -0.39 is 5.82 Å². The molecule has 2 N–H and O–H groups in total. The van der Waals surface area contributed by atoms with Gasteiger partial charge in [-0.2, -0.15) is 0 Å². The number of anilines is 1. The van der Waals surface area contributed by atoms with Crippen molar-refractivity contribution in [2.24, 2.45) is 0 Å². The Morgan fingerprint density at radius 1 is 1.14 bits per heavy atom. The fourth-order valence-electron chi connectivity index (χ4n) is 2.05. The molecule has 5 heteroatoms. The molecule has 2 aromatic carbocycles. The van der Waals surface area contributed by atoms with E-state index in [0.717, 1.165) is 5.56 Å². The van der Waals surface area contributed by atoms with Gasteiger partial charge in [-0.15, -0.1) is 0 Å². The van der Waals surface area contributed by atoms with Crippen molar-refractivity contribution >= 4 is 34.6 Å². The van der Waals surface area contributed by atoms with Gasteiger partial charge >= 0.3 is 0 Å². The van der Waals surface area contributed by atoms with Crippen molar-refractivity contribution in [1.82, 2.24) is 5.32 Å². The van der Waals surface area contributed by atoms with E-state index in [1.54, 1.807) is 6.07 Å². The molecule has 0 radical (unpaired) electrons. The Balaban J connectivity index is 2.01. The molecule has 1 unspecified atom stereocenters. The van der Waals surface area contributed by atoms with Crippen LogP contribution in [0.25, 0.3) is 0 Å². The van der Waals surface area contributed by atoms with E-state index in [4.69, 9.17) is 23.8 Å². The highest BCUT2D eigenvalue weighted by atomic mass is 35.5. The average molecular weight is 337 g/mol. The lowest BCUT2D eigenvalue weighted by Crippen LogP contribution is -2.30. The standard InChI is InChI=1S/C17H18ClFN2S/c1-10-4-5-13(8-11(10)2)12(3)20-17(22)21-14-6-7-16(19)15(18)9-14/h4-9,12H,1-3H3,(H2,20,21,22). The number of halogens is 2. The Morgan fingerprint density at radius 2 is 1.86 bits per heavy atom. The van der Waals surface area contributed by atoms with Crippen LogP contribution in [-0.4, -0.2) is 5.11 Å². The molecule has 0 aliphatic heterocycles. The third-order valence-electron chi connectivity index (χ3n) is 3.56. The van der Waals surface area contributed by atoms with Gasteiger partial charge in [0.05, 0.1) is 11.1 Å². The molecule has 0 aliphatic rings. The molecule has 0 bridgehead atoms. The minimum atomic E-state index is -0.449. The molecule has 0 amide bonds. The Labute approximate surface area is 140 Å². The second kappa shape index (κ2) is 7.07. The average Bonchev–Trinajstić information content (AvgIpc) is 2.45. The fraction of sp³-hybridized carbons (Fsp3) is 0.235. The quantitative estimate of drug-likeness (QED) is 0.758. The van der Waals surface area contributed by atoms with Crippen LogP contribution in [0, 0.1) is 19.7 Å². The molecule has 2 aromatic rings. The molecular weight excluding hydrogens is 319 g/mol. The highest BCUT2D eigenvalue weighted by Gasteiger charge is 2.09. The number of rotatable bonds is 3. The van der Waals surface area contributed by atoms with Crippen LogP contribution >= 0.6 is 23.8 Å². The van der Waals surface area contributed by atoms with E-state index in [-0.39, 0.29) is 11.1 Å². The van der Waals surface area contributed by atoms with Crippen LogP contribution in [0.2, 0.25) is 5.02 Å². The molecule has 0 saturated carbocycles. The van der Waals surface area contributed by atoms with Gasteiger partial charge in [0.2, 0.25) is 0 Å². The molecule has 0 aromatic heterocycles. The van der Waals surface area contributed by atoms with E-state index in [1.165, 1.54) is 23.3 Å². The van der Waals surface area contributed by atoms with Crippen LogP contribution in [-0.2, 0) is 0 Å². The van der Waals surface area contributed by atoms with E-state index in [1.807, 2.05) is 6.92 Å². The highest BCUT2D eigenvalue weighted by Crippen LogP contribution is 2.20. The summed E-state index contributed by atoms with van der Waals surface area (Å²) in [5.74, 6) is -0.449. The summed E-state index contributed by atoms with van der Waals surface area (Å²) < 4.78 is 13.1. The number of thiocarbonyl (C=S) groups is 1. The minimum Gasteiger partial charge on any atom is -0.356 e. The summed E-state index contributed by atoms with van der Waals surface area (Å²) in [6, 6.07) is 10.8. The summed E-state index contributed by atoms with van der Waals surface area (Å²) in [5.41, 5.74) is 4.31. The zero-order valence-electron chi connectivity index (χ0n) is 12.7. The summed E-state index contributed by atoms with van der Waals surface area (Å²) >= 11 is 11.0. The SMILES string of the molecule is Cc1ccc(C(C)NC(=S)Nc2ccc(F)c(Cl)c2)cc1C. The third kappa shape index (κ3) is 4.18. The first-order valence-electron chi connectivity index (χ1n) is 6.96. The van der Waals surface area contributed by atoms with Gasteiger partial charge in [0.25, 0.3) is 0 Å². The largest absolute Gasteiger partial charge is 0.356 e. The van der Waals surface area contributed by atoms with Gasteiger partial charge in [0.1, 0.15) is 5.82 Å². The fourth-order valence-corrected chi connectivity index (χ4v) is 2.53. The van der Waals surface area contributed by atoms with Crippen molar-refractivity contribution in [3.8, 4) is 0 Å². The first kappa shape index (κ1) is 16.7. The Kier molecular flexibility index (Phi) is 5.37. The van der Waals surface area contributed by atoms with Crippen molar-refractivity contribution in [3.63, 3.8) is 0 Å². The molecule has 1 atom stereocenters. The monoisotopic (exact) mass is 336 g/mol. The number of hydrogen-bond donors (Lipinski definition) is 2. The topological polar surface area (TPSA) is 24.1 Å². The minimum absolute atomic E-state index is 0.0648. The van der Waals surface area contributed by atoms with Gasteiger partial charge in [-0.3, -0.25) is 0 Å². The van der Waals surface area contributed by atoms with Crippen molar-refractivity contribution in [2.45, 2.75) is 26.8 Å². The first-order chi connectivity index (χ1) is 10.4. The van der Waals surface area contributed by atoms with Crippen molar-refractivity contribution in [2.75, 3.05) is 5.32 Å². The van der Waals surface area contributed by atoms with Crippen LogP contribution in [0.4, 0.5) is 10.1 Å². The van der Waals surface area contributed by atoms with Gasteiger partial charge in [0.15, 0.2) is 5.11 Å². The summed E-state index contributed by atoms with van der Waals surface area (Å²) in [4.78, 5) is 0. The van der Waals surface area contributed by atoms with Crippen LogP contribution in [0.3, 0.4) is 0 Å². The molecule has 22 heavy (non-hydrogen) atoms. The maximum Gasteiger partial charge on any atom is 0.171 e. The number of hydrogen-bond acceptors (Lipinski definition) is 1. The van der Waals surface area contributed by atoms with Gasteiger partial charge in [-0.25, -0.2) is 4.39 Å². The third-order valence-corrected chi connectivity index (χ3v) is 4.07. The molecule has 0 saturated heterocycles. The lowest BCUT2D eigenvalue weighted by Gasteiger charge is -2.18. The molecule has 0 heterocycles. The van der Waals surface area contributed by atoms with Gasteiger partial charge in [-0.05, 0) is 67.9 Å². The van der Waals surface area contributed by atoms with Gasteiger partial charge < -0.3 is 10.6 Å². The van der Waals surface area contributed by atoms with Crippen LogP contribution in [0.5, 0.6) is 0 Å². The number of benzene rings is 2. The van der Waals surface area contributed by atoms with Crippen LogP contribution < -0.4 is 10.6 Å². The first-order valence-corrected chi connectivity index (χ1v) is 7.75. The Bertz CT molecular complexity index is 703. The van der Waals surface area contributed by atoms with E-state index in [2.05, 4.69) is 42.7 Å². The number of nitrogens with one attached hydrogen (secondary N) is 2. The molecule has 0 spiro atoms. The summed E-state index contributed by atoms with van der Waals surface area (Å²) in [5, 5.41) is 6.75. The maximum absolute atomic E-state index is 13.1. The molecular formula is C17H18ClFN2S. The van der Waals surface area contributed by atoms with E-state index >= 15 is 0 Å². The smallest absolute Gasteiger partial charge is 0.171 e. The van der Waals surface area contributed by atoms with Crippen molar-refractivity contribution < 1.29 is 4.39 Å². The normalized spacial score (nSPS) is 11.9. The summed E-state index contributed by atoms with van der Waals surface area (Å²) in [6.07, 6.45) is 0. The van der Waals surface area contributed by atoms with Crippen LogP contribution in [0.1, 0.15) is 29.7 Å². The van der Waals surface area contributed by atoms with E-state index in [9.17, 15) is 4.39 Å². The van der Waals surface area contributed by atoms with Crippen molar-refractivity contribution in [3.05, 3.63) is 63.9 Å².